The molecule has 0 aliphatic heterocycles. The van der Waals surface area contributed by atoms with Crippen LogP contribution in [0.15, 0.2) is 24.5 Å². The van der Waals surface area contributed by atoms with E-state index in [2.05, 4.69) is 21.8 Å². The van der Waals surface area contributed by atoms with Gasteiger partial charge in [-0.05, 0) is 25.0 Å². The number of nitrogen functional groups attached to an aromatic ring is 1. The number of pyridine rings is 1. The van der Waals surface area contributed by atoms with Crippen LogP contribution in [-0.4, -0.2) is 9.97 Å². The maximum Gasteiger partial charge on any atom is 0.181 e. The lowest BCUT2D eigenvalue weighted by Crippen LogP contribution is -1.80. The fraction of sp³-hybridized carbons (Fsp3) is 0.0909. The Labute approximate surface area is 92.0 Å². The van der Waals surface area contributed by atoms with E-state index < -0.39 is 0 Å². The Morgan fingerprint density at radius 1 is 1.40 bits per heavy atom. The van der Waals surface area contributed by atoms with Crippen molar-refractivity contribution in [1.29, 1.82) is 0 Å². The molecule has 0 spiro atoms. The summed E-state index contributed by atoms with van der Waals surface area (Å²) in [5, 5.41) is 0.558. The first-order valence-corrected chi connectivity index (χ1v) is 5.22. The maximum atomic E-state index is 5.58. The third-order valence-corrected chi connectivity index (χ3v) is 2.70. The summed E-state index contributed by atoms with van der Waals surface area (Å²) in [5.74, 6) is 6.05. The van der Waals surface area contributed by atoms with E-state index in [1.165, 1.54) is 11.3 Å². The predicted octanol–water partition coefficient (Wildman–Crippen LogP) is 1.83. The number of rotatable bonds is 0. The quantitative estimate of drug-likeness (QED) is 0.682. The summed E-state index contributed by atoms with van der Waals surface area (Å²) >= 11 is 1.41. The van der Waals surface area contributed by atoms with E-state index in [4.69, 9.17) is 5.73 Å². The Morgan fingerprint density at radius 2 is 2.27 bits per heavy atom. The zero-order valence-corrected chi connectivity index (χ0v) is 9.01. The molecule has 0 saturated carbocycles. The number of thiazole rings is 1. The fourth-order valence-corrected chi connectivity index (χ4v) is 1.79. The minimum absolute atomic E-state index is 0.558. The van der Waals surface area contributed by atoms with Gasteiger partial charge < -0.3 is 5.73 Å². The molecule has 2 heterocycles. The number of anilines is 1. The van der Waals surface area contributed by atoms with Crippen LogP contribution in [0.25, 0.3) is 0 Å². The standard InChI is InChI=1S/C11H9N3S/c1-8-10(15-11(12)14-8)5-4-9-3-2-6-13-7-9/h2-3,6-7H,1H3,(H2,12,14). The van der Waals surface area contributed by atoms with Crippen molar-refractivity contribution in [2.75, 3.05) is 5.73 Å². The molecule has 15 heavy (non-hydrogen) atoms. The zero-order valence-electron chi connectivity index (χ0n) is 8.19. The Balaban J connectivity index is 2.30. The van der Waals surface area contributed by atoms with Crippen LogP contribution in [0.3, 0.4) is 0 Å². The minimum Gasteiger partial charge on any atom is -0.375 e. The van der Waals surface area contributed by atoms with E-state index in [1.54, 1.807) is 12.4 Å². The molecule has 0 atom stereocenters. The molecule has 3 nitrogen and oxygen atoms in total. The summed E-state index contributed by atoms with van der Waals surface area (Å²) in [5.41, 5.74) is 7.35. The highest BCUT2D eigenvalue weighted by Gasteiger charge is 2.00. The molecule has 2 aromatic rings. The number of aryl methyl sites for hydroxylation is 1. The summed E-state index contributed by atoms with van der Waals surface area (Å²) in [6, 6.07) is 3.78. The van der Waals surface area contributed by atoms with Crippen LogP contribution in [0, 0.1) is 18.8 Å². The van der Waals surface area contributed by atoms with Gasteiger partial charge in [-0.3, -0.25) is 4.98 Å². The van der Waals surface area contributed by atoms with E-state index in [0.717, 1.165) is 16.1 Å². The molecule has 0 fully saturated rings. The summed E-state index contributed by atoms with van der Waals surface area (Å²) in [4.78, 5) is 9.00. The van der Waals surface area contributed by atoms with Crippen molar-refractivity contribution in [2.24, 2.45) is 0 Å². The number of aromatic nitrogens is 2. The molecule has 2 N–H and O–H groups in total. The number of hydrogen-bond acceptors (Lipinski definition) is 4. The van der Waals surface area contributed by atoms with Gasteiger partial charge in [-0.1, -0.05) is 17.3 Å². The predicted molar refractivity (Wildman–Crippen MR) is 61.5 cm³/mol. The van der Waals surface area contributed by atoms with Crippen LogP contribution in [0.1, 0.15) is 16.1 Å². The first kappa shape index (κ1) is 9.69. The summed E-state index contributed by atoms with van der Waals surface area (Å²) in [7, 11) is 0. The molecule has 4 heteroatoms. The number of nitrogens with two attached hydrogens (primary N) is 1. The third kappa shape index (κ3) is 2.33. The Bertz CT molecular complexity index is 520. The van der Waals surface area contributed by atoms with Gasteiger partial charge in [0.2, 0.25) is 0 Å². The second-order valence-corrected chi connectivity index (χ2v) is 3.99. The first-order chi connectivity index (χ1) is 7.25. The van der Waals surface area contributed by atoms with Gasteiger partial charge in [0.25, 0.3) is 0 Å². The summed E-state index contributed by atoms with van der Waals surface area (Å²) in [6.45, 7) is 1.90. The average Bonchev–Trinajstić information content (AvgIpc) is 2.56. The summed E-state index contributed by atoms with van der Waals surface area (Å²) in [6.07, 6.45) is 3.45. The third-order valence-electron chi connectivity index (χ3n) is 1.80. The highest BCUT2D eigenvalue weighted by molar-refractivity contribution is 7.16. The monoisotopic (exact) mass is 215 g/mol. The van der Waals surface area contributed by atoms with Gasteiger partial charge >= 0.3 is 0 Å². The highest BCUT2D eigenvalue weighted by atomic mass is 32.1. The molecule has 0 saturated heterocycles. The van der Waals surface area contributed by atoms with Gasteiger partial charge in [0, 0.05) is 18.0 Å². The van der Waals surface area contributed by atoms with Crippen molar-refractivity contribution in [3.05, 3.63) is 40.7 Å². The molecule has 74 valence electrons. The lowest BCUT2D eigenvalue weighted by molar-refractivity contribution is 1.26. The van der Waals surface area contributed by atoms with Crippen molar-refractivity contribution in [3.8, 4) is 11.8 Å². The molecular weight excluding hydrogens is 206 g/mol. The van der Waals surface area contributed by atoms with E-state index in [0.29, 0.717) is 5.13 Å². The van der Waals surface area contributed by atoms with Gasteiger partial charge in [0.15, 0.2) is 5.13 Å². The molecule has 0 aliphatic rings. The lowest BCUT2D eigenvalue weighted by Gasteiger charge is -1.85. The van der Waals surface area contributed by atoms with Gasteiger partial charge in [-0.25, -0.2) is 4.98 Å². The maximum absolute atomic E-state index is 5.58. The van der Waals surface area contributed by atoms with E-state index in [-0.39, 0.29) is 0 Å². The van der Waals surface area contributed by atoms with Crippen molar-refractivity contribution in [3.63, 3.8) is 0 Å². The second-order valence-electron chi connectivity index (χ2n) is 2.96. The molecule has 0 aliphatic carbocycles. The molecular formula is C11H9N3S. The van der Waals surface area contributed by atoms with Crippen molar-refractivity contribution < 1.29 is 0 Å². The van der Waals surface area contributed by atoms with E-state index >= 15 is 0 Å². The molecule has 2 aromatic heterocycles. The molecule has 0 radical (unpaired) electrons. The fourth-order valence-electron chi connectivity index (χ4n) is 1.10. The van der Waals surface area contributed by atoms with Crippen molar-refractivity contribution >= 4 is 16.5 Å². The zero-order chi connectivity index (χ0) is 10.7. The lowest BCUT2D eigenvalue weighted by atomic mass is 10.3. The van der Waals surface area contributed by atoms with Crippen LogP contribution in [0.5, 0.6) is 0 Å². The molecule has 0 amide bonds. The first-order valence-electron chi connectivity index (χ1n) is 4.40. The van der Waals surface area contributed by atoms with Crippen LogP contribution < -0.4 is 5.73 Å². The molecule has 0 unspecified atom stereocenters. The van der Waals surface area contributed by atoms with E-state index in [9.17, 15) is 0 Å². The smallest absolute Gasteiger partial charge is 0.181 e. The SMILES string of the molecule is Cc1nc(N)sc1C#Cc1cccnc1. The van der Waals surface area contributed by atoms with Gasteiger partial charge in [0.05, 0.1) is 5.69 Å². The molecule has 2 rings (SSSR count). The largest absolute Gasteiger partial charge is 0.375 e. The number of hydrogen-bond donors (Lipinski definition) is 1. The Kier molecular flexibility index (Phi) is 2.66. The Morgan fingerprint density at radius 3 is 2.87 bits per heavy atom. The average molecular weight is 215 g/mol. The minimum atomic E-state index is 0.558. The van der Waals surface area contributed by atoms with Crippen molar-refractivity contribution in [2.45, 2.75) is 6.92 Å². The van der Waals surface area contributed by atoms with Gasteiger partial charge in [0.1, 0.15) is 4.88 Å². The van der Waals surface area contributed by atoms with Crippen molar-refractivity contribution in [1.82, 2.24) is 9.97 Å². The summed E-state index contributed by atoms with van der Waals surface area (Å²) < 4.78 is 0. The topological polar surface area (TPSA) is 51.8 Å². The number of nitrogens with zero attached hydrogens (tertiary/aromatic N) is 2. The van der Waals surface area contributed by atoms with Gasteiger partial charge in [-0.15, -0.1) is 0 Å². The van der Waals surface area contributed by atoms with Gasteiger partial charge in [-0.2, -0.15) is 0 Å². The molecule has 0 bridgehead atoms. The Hall–Kier alpha value is -1.86. The van der Waals surface area contributed by atoms with Crippen LogP contribution >= 0.6 is 11.3 Å². The highest BCUT2D eigenvalue weighted by Crippen LogP contribution is 2.18. The second kappa shape index (κ2) is 4.11. The van der Waals surface area contributed by atoms with E-state index in [1.807, 2.05) is 19.1 Å². The van der Waals surface area contributed by atoms with Crippen LogP contribution in [0.2, 0.25) is 0 Å². The normalized spacial score (nSPS) is 9.40. The molecule has 0 aromatic carbocycles. The van der Waals surface area contributed by atoms with Crippen LogP contribution in [0.4, 0.5) is 5.13 Å². The van der Waals surface area contributed by atoms with Crippen LogP contribution in [-0.2, 0) is 0 Å².